The van der Waals surface area contributed by atoms with Gasteiger partial charge in [-0.25, -0.2) is 4.21 Å². The summed E-state index contributed by atoms with van der Waals surface area (Å²) in [6, 6.07) is 3.33. The number of nitrogens with one attached hydrogen (secondary N) is 1. The smallest absolute Gasteiger partial charge is 0.224 e. The molecule has 1 atom stereocenters. The molecule has 1 amide bonds. The van der Waals surface area contributed by atoms with Crippen molar-refractivity contribution in [1.29, 1.82) is 0 Å². The van der Waals surface area contributed by atoms with Crippen LogP contribution < -0.4 is 5.32 Å². The van der Waals surface area contributed by atoms with Gasteiger partial charge in [-0.3, -0.25) is 18.8 Å². The van der Waals surface area contributed by atoms with Crippen LogP contribution in [-0.4, -0.2) is 39.9 Å². The number of carbonyl (C=O) groups is 2. The monoisotopic (exact) mass is 368 g/mol. The molecule has 24 heavy (non-hydrogen) atoms. The fraction of sp³-hybridized carbons (Fsp3) is 0.250. The van der Waals surface area contributed by atoms with E-state index < -0.39 is 9.80 Å². The van der Waals surface area contributed by atoms with Gasteiger partial charge in [0.25, 0.3) is 0 Å². The minimum absolute atomic E-state index is 0.0708. The second-order valence-electron chi connectivity index (χ2n) is 5.07. The molecule has 1 aromatic rings. The van der Waals surface area contributed by atoms with Crippen molar-refractivity contribution in [1.82, 2.24) is 10.3 Å². The van der Waals surface area contributed by atoms with Crippen molar-refractivity contribution in [3.8, 4) is 0 Å². The summed E-state index contributed by atoms with van der Waals surface area (Å²) in [6.07, 6.45) is 4.87. The Hall–Kier alpha value is -1.96. The van der Waals surface area contributed by atoms with E-state index in [4.69, 9.17) is 15.8 Å². The maximum Gasteiger partial charge on any atom is 0.224 e. The predicted molar refractivity (Wildman–Crippen MR) is 94.0 cm³/mol. The van der Waals surface area contributed by atoms with Crippen LogP contribution in [0.3, 0.4) is 0 Å². The van der Waals surface area contributed by atoms with E-state index in [0.717, 1.165) is 0 Å². The molecular formula is C16H17ClN2O4S. The van der Waals surface area contributed by atoms with Gasteiger partial charge >= 0.3 is 0 Å². The molecule has 2 heterocycles. The van der Waals surface area contributed by atoms with E-state index in [1.165, 1.54) is 24.1 Å². The van der Waals surface area contributed by atoms with E-state index in [-0.39, 0.29) is 31.1 Å². The molecule has 2 rings (SSSR count). The number of rotatable bonds is 7. The van der Waals surface area contributed by atoms with Crippen molar-refractivity contribution < 1.29 is 18.0 Å². The van der Waals surface area contributed by atoms with Crippen LogP contribution in [0.15, 0.2) is 41.5 Å². The molecule has 8 heteroatoms. The van der Waals surface area contributed by atoms with E-state index in [9.17, 15) is 13.8 Å². The van der Waals surface area contributed by atoms with Gasteiger partial charge in [-0.2, -0.15) is 0 Å². The Morgan fingerprint density at radius 2 is 2.12 bits per heavy atom. The van der Waals surface area contributed by atoms with E-state index >= 15 is 0 Å². The molecule has 0 fully saturated rings. The molecule has 0 radical (unpaired) electrons. The Bertz CT molecular complexity index is 806. The summed E-state index contributed by atoms with van der Waals surface area (Å²) in [6.45, 7) is -0.0708. The number of halogens is 1. The lowest BCUT2D eigenvalue weighted by atomic mass is 10.1. The minimum atomic E-state index is -2.54. The first-order valence-electron chi connectivity index (χ1n) is 7.11. The quantitative estimate of drug-likeness (QED) is 0.736. The highest BCUT2D eigenvalue weighted by molar-refractivity contribution is 8.00. The average molecular weight is 369 g/mol. The van der Waals surface area contributed by atoms with Crippen LogP contribution in [0, 0.1) is 0 Å². The summed E-state index contributed by atoms with van der Waals surface area (Å²) in [7, 11) is -1.19. The SMILES string of the molecule is COS1(=O)=CC=C(CC(=O)NCC(=O)Cc2ccc(Cl)cn2)C=C1. The standard InChI is InChI=1S/C16H17ClN2O4S/c1-23-24(22)6-4-12(5-7-24)8-16(21)19-11-15(20)9-14-3-2-13(17)10-18-14/h2-7,10H,8-9,11H2,1H3,(H,19,21). The Morgan fingerprint density at radius 1 is 1.33 bits per heavy atom. The van der Waals surface area contributed by atoms with Gasteiger partial charge in [0, 0.05) is 22.7 Å². The number of hydrogen-bond acceptors (Lipinski definition) is 5. The van der Waals surface area contributed by atoms with Crippen LogP contribution in [-0.2, 0) is 30.0 Å². The molecule has 0 aliphatic carbocycles. The van der Waals surface area contributed by atoms with Crippen LogP contribution in [0.25, 0.3) is 0 Å². The van der Waals surface area contributed by atoms with Crippen LogP contribution >= 0.6 is 11.6 Å². The first-order valence-corrected chi connectivity index (χ1v) is 9.09. The number of nitrogens with zero attached hydrogens (tertiary/aromatic N) is 1. The summed E-state index contributed by atoms with van der Waals surface area (Å²) in [5, 5.41) is 5.91. The Balaban J connectivity index is 1.79. The maximum atomic E-state index is 11.9. The third kappa shape index (κ3) is 5.59. The van der Waals surface area contributed by atoms with Gasteiger partial charge in [-0.1, -0.05) is 11.6 Å². The molecule has 1 aliphatic rings. The lowest BCUT2D eigenvalue weighted by molar-refractivity contribution is -0.124. The summed E-state index contributed by atoms with van der Waals surface area (Å²) in [5.41, 5.74) is 1.29. The van der Waals surface area contributed by atoms with Gasteiger partial charge in [0.1, 0.15) is 9.80 Å². The summed E-state index contributed by atoms with van der Waals surface area (Å²) in [4.78, 5) is 27.7. The molecule has 0 spiro atoms. The second-order valence-corrected chi connectivity index (χ2v) is 7.56. The zero-order valence-electron chi connectivity index (χ0n) is 13.0. The topological polar surface area (TPSA) is 85.4 Å². The molecule has 128 valence electrons. The first-order chi connectivity index (χ1) is 11.4. The average Bonchev–Trinajstić information content (AvgIpc) is 2.57. The number of pyridine rings is 1. The number of allylic oxidation sites excluding steroid dienone is 2. The summed E-state index contributed by atoms with van der Waals surface area (Å²) < 4.78 is 16.7. The lowest BCUT2D eigenvalue weighted by Gasteiger charge is -2.09. The molecule has 0 saturated carbocycles. The number of amides is 1. The third-order valence-corrected chi connectivity index (χ3v) is 4.99. The molecule has 1 N–H and O–H groups in total. The van der Waals surface area contributed by atoms with Gasteiger partial charge < -0.3 is 5.32 Å². The van der Waals surface area contributed by atoms with Crippen molar-refractivity contribution in [2.45, 2.75) is 12.8 Å². The zero-order valence-corrected chi connectivity index (χ0v) is 14.6. The summed E-state index contributed by atoms with van der Waals surface area (Å²) >= 11 is 5.73. The Morgan fingerprint density at radius 3 is 2.71 bits per heavy atom. The van der Waals surface area contributed by atoms with Crippen LogP contribution in [0.2, 0.25) is 5.02 Å². The molecule has 6 nitrogen and oxygen atoms in total. The zero-order chi connectivity index (χ0) is 17.6. The van der Waals surface area contributed by atoms with Crippen molar-refractivity contribution in [3.05, 3.63) is 52.2 Å². The molecule has 0 bridgehead atoms. The van der Waals surface area contributed by atoms with Crippen LogP contribution in [0.5, 0.6) is 0 Å². The molecular weight excluding hydrogens is 352 g/mol. The lowest BCUT2D eigenvalue weighted by Crippen LogP contribution is -2.30. The van der Waals surface area contributed by atoms with Crippen LogP contribution in [0.4, 0.5) is 0 Å². The number of ketones is 1. The number of carbonyl (C=O) groups excluding carboxylic acids is 2. The van der Waals surface area contributed by atoms with E-state index in [1.807, 2.05) is 0 Å². The second kappa shape index (κ2) is 8.23. The largest absolute Gasteiger partial charge is 0.349 e. The highest BCUT2D eigenvalue weighted by Gasteiger charge is 2.11. The summed E-state index contributed by atoms with van der Waals surface area (Å²) in [5.74, 6) is -0.442. The van der Waals surface area contributed by atoms with Crippen molar-refractivity contribution in [2.24, 2.45) is 0 Å². The third-order valence-electron chi connectivity index (χ3n) is 3.22. The van der Waals surface area contributed by atoms with Gasteiger partial charge in [0.2, 0.25) is 5.91 Å². The van der Waals surface area contributed by atoms with E-state index in [2.05, 4.69) is 10.3 Å². The van der Waals surface area contributed by atoms with Crippen molar-refractivity contribution in [3.63, 3.8) is 0 Å². The van der Waals surface area contributed by atoms with Gasteiger partial charge in [0.05, 0.1) is 31.5 Å². The minimum Gasteiger partial charge on any atom is -0.349 e. The molecule has 1 aromatic heterocycles. The highest BCUT2D eigenvalue weighted by Crippen LogP contribution is 2.11. The highest BCUT2D eigenvalue weighted by atomic mass is 35.5. The predicted octanol–water partition coefficient (Wildman–Crippen LogP) is 1.45. The molecule has 0 saturated heterocycles. The number of hydrogen-bond donors (Lipinski definition) is 1. The fourth-order valence-corrected chi connectivity index (χ4v) is 3.07. The molecule has 1 aliphatic heterocycles. The number of Topliss-reactive ketones (excluding diaryl/α,β-unsaturated/α-hetero) is 1. The first kappa shape index (κ1) is 18.4. The number of aromatic nitrogens is 1. The van der Waals surface area contributed by atoms with Crippen molar-refractivity contribution in [2.75, 3.05) is 13.7 Å². The van der Waals surface area contributed by atoms with Gasteiger partial charge in [-0.15, -0.1) is 0 Å². The molecule has 1 unspecified atom stereocenters. The van der Waals surface area contributed by atoms with Gasteiger partial charge in [-0.05, 0) is 29.9 Å². The van der Waals surface area contributed by atoms with E-state index in [1.54, 1.807) is 24.3 Å². The molecule has 0 aromatic carbocycles. The Labute approximate surface area is 145 Å². The van der Waals surface area contributed by atoms with Crippen LogP contribution in [0.1, 0.15) is 12.1 Å². The Kier molecular flexibility index (Phi) is 6.30. The van der Waals surface area contributed by atoms with Gasteiger partial charge in [0.15, 0.2) is 5.78 Å². The maximum absolute atomic E-state index is 11.9. The fourth-order valence-electron chi connectivity index (χ4n) is 1.91. The normalized spacial score (nSPS) is 19.3. The van der Waals surface area contributed by atoms with Crippen molar-refractivity contribution >= 4 is 38.5 Å². The van der Waals surface area contributed by atoms with E-state index in [0.29, 0.717) is 16.3 Å².